The summed E-state index contributed by atoms with van der Waals surface area (Å²) < 4.78 is 6.03. The fourth-order valence-electron chi connectivity index (χ4n) is 2.31. The summed E-state index contributed by atoms with van der Waals surface area (Å²) >= 11 is 4.78. The van der Waals surface area contributed by atoms with Crippen molar-refractivity contribution in [1.29, 1.82) is 0 Å². The maximum Gasteiger partial charge on any atom is 0.258 e. The Hall–Kier alpha value is -2.18. The van der Waals surface area contributed by atoms with Gasteiger partial charge in [0.25, 0.3) is 5.91 Å². The van der Waals surface area contributed by atoms with Crippen molar-refractivity contribution in [1.82, 2.24) is 4.98 Å². The van der Waals surface area contributed by atoms with Gasteiger partial charge >= 0.3 is 0 Å². The number of aryl methyl sites for hydroxylation is 1. The molecule has 0 aliphatic rings. The number of benzene rings is 2. The van der Waals surface area contributed by atoms with Crippen molar-refractivity contribution in [3.05, 3.63) is 63.4 Å². The first kappa shape index (κ1) is 16.7. The number of halogens is 1. The van der Waals surface area contributed by atoms with Crippen LogP contribution >= 0.6 is 27.3 Å². The molecule has 0 radical (unpaired) electrons. The molecule has 3 rings (SSSR count). The van der Waals surface area contributed by atoms with E-state index in [0.717, 1.165) is 27.0 Å². The van der Waals surface area contributed by atoms with Crippen LogP contribution in [-0.2, 0) is 0 Å². The van der Waals surface area contributed by atoms with Crippen molar-refractivity contribution >= 4 is 38.3 Å². The molecular formula is C18H15BrN2O2S. The van der Waals surface area contributed by atoms with Crippen LogP contribution in [0.15, 0.2) is 52.3 Å². The molecule has 0 bridgehead atoms. The molecule has 24 heavy (non-hydrogen) atoms. The van der Waals surface area contributed by atoms with Gasteiger partial charge in [-0.25, -0.2) is 4.98 Å². The molecule has 0 saturated carbocycles. The zero-order valence-corrected chi connectivity index (χ0v) is 15.6. The van der Waals surface area contributed by atoms with E-state index < -0.39 is 0 Å². The first-order valence-electron chi connectivity index (χ1n) is 7.25. The summed E-state index contributed by atoms with van der Waals surface area (Å²) in [5.41, 5.74) is 3.44. The lowest BCUT2D eigenvalue weighted by molar-refractivity contribution is 0.102. The minimum absolute atomic E-state index is 0.186. The number of rotatable bonds is 4. The normalized spacial score (nSPS) is 10.5. The van der Waals surface area contributed by atoms with Gasteiger partial charge in [-0.05, 0) is 58.7 Å². The molecule has 0 saturated heterocycles. The Bertz CT molecular complexity index is 892. The van der Waals surface area contributed by atoms with E-state index in [9.17, 15) is 4.79 Å². The smallest absolute Gasteiger partial charge is 0.258 e. The molecule has 4 nitrogen and oxygen atoms in total. The minimum atomic E-state index is -0.186. The Morgan fingerprint density at radius 3 is 2.75 bits per heavy atom. The van der Waals surface area contributed by atoms with Crippen LogP contribution in [0.2, 0.25) is 0 Å². The number of ether oxygens (including phenoxy) is 1. The van der Waals surface area contributed by atoms with Gasteiger partial charge in [0.05, 0.1) is 18.4 Å². The van der Waals surface area contributed by atoms with Crippen molar-refractivity contribution < 1.29 is 9.53 Å². The molecule has 3 aromatic rings. The maximum absolute atomic E-state index is 12.3. The first-order valence-corrected chi connectivity index (χ1v) is 8.92. The van der Waals surface area contributed by atoms with Crippen LogP contribution in [0.25, 0.3) is 11.3 Å². The molecule has 1 aromatic heterocycles. The molecule has 1 amide bonds. The van der Waals surface area contributed by atoms with Gasteiger partial charge in [0.15, 0.2) is 5.13 Å². The highest BCUT2D eigenvalue weighted by Crippen LogP contribution is 2.29. The predicted molar refractivity (Wildman–Crippen MR) is 101 cm³/mol. The van der Waals surface area contributed by atoms with Crippen LogP contribution in [0.4, 0.5) is 5.13 Å². The Kier molecular flexibility index (Phi) is 4.97. The number of hydrogen-bond acceptors (Lipinski definition) is 4. The molecule has 6 heteroatoms. The third-order valence-electron chi connectivity index (χ3n) is 3.53. The quantitative estimate of drug-likeness (QED) is 0.656. The molecule has 0 atom stereocenters. The van der Waals surface area contributed by atoms with E-state index in [4.69, 9.17) is 4.74 Å². The molecule has 0 unspecified atom stereocenters. The molecular weight excluding hydrogens is 388 g/mol. The predicted octanol–water partition coefficient (Wildman–Crippen LogP) is 5.14. The lowest BCUT2D eigenvalue weighted by Gasteiger charge is -2.06. The summed E-state index contributed by atoms with van der Waals surface area (Å²) in [6.07, 6.45) is 0. The molecule has 0 aliphatic carbocycles. The second kappa shape index (κ2) is 7.15. The van der Waals surface area contributed by atoms with E-state index in [2.05, 4.69) is 26.2 Å². The Labute approximate surface area is 152 Å². The van der Waals surface area contributed by atoms with Crippen molar-refractivity contribution in [2.24, 2.45) is 0 Å². The summed E-state index contributed by atoms with van der Waals surface area (Å²) in [7, 11) is 1.65. The van der Waals surface area contributed by atoms with Gasteiger partial charge in [0.1, 0.15) is 5.75 Å². The molecule has 0 fully saturated rings. The number of carbonyl (C=O) groups excluding carboxylic acids is 1. The fraction of sp³-hybridized carbons (Fsp3) is 0.111. The highest BCUT2D eigenvalue weighted by atomic mass is 79.9. The Morgan fingerprint density at radius 2 is 2.04 bits per heavy atom. The Balaban J connectivity index is 1.80. The molecule has 122 valence electrons. The van der Waals surface area contributed by atoms with Gasteiger partial charge in [0, 0.05) is 15.4 Å². The van der Waals surface area contributed by atoms with Gasteiger partial charge < -0.3 is 4.74 Å². The second-order valence-corrected chi connectivity index (χ2v) is 6.87. The molecule has 2 aromatic carbocycles. The number of nitrogens with one attached hydrogen (secondary N) is 1. The van der Waals surface area contributed by atoms with Crippen LogP contribution in [0.3, 0.4) is 0 Å². The second-order valence-electron chi connectivity index (χ2n) is 5.16. The number of anilines is 1. The summed E-state index contributed by atoms with van der Waals surface area (Å²) in [6.45, 7) is 1.99. The molecule has 0 spiro atoms. The molecule has 1 heterocycles. The summed E-state index contributed by atoms with van der Waals surface area (Å²) in [6, 6.07) is 13.2. The lowest BCUT2D eigenvalue weighted by Crippen LogP contribution is -2.12. The van der Waals surface area contributed by atoms with E-state index in [-0.39, 0.29) is 5.91 Å². The Morgan fingerprint density at radius 1 is 1.25 bits per heavy atom. The average molecular weight is 403 g/mol. The number of carbonyl (C=O) groups is 1. The number of methoxy groups -OCH3 is 1. The van der Waals surface area contributed by atoms with Crippen molar-refractivity contribution in [3.63, 3.8) is 0 Å². The van der Waals surface area contributed by atoms with Gasteiger partial charge in [-0.15, -0.1) is 11.3 Å². The van der Waals surface area contributed by atoms with Crippen LogP contribution < -0.4 is 10.1 Å². The van der Waals surface area contributed by atoms with Crippen molar-refractivity contribution in [2.45, 2.75) is 6.92 Å². The minimum Gasteiger partial charge on any atom is -0.496 e. The van der Waals surface area contributed by atoms with E-state index in [1.807, 2.05) is 48.7 Å². The molecule has 0 aliphatic heterocycles. The van der Waals surface area contributed by atoms with E-state index in [1.165, 1.54) is 11.3 Å². The van der Waals surface area contributed by atoms with Crippen molar-refractivity contribution in [3.8, 4) is 17.0 Å². The summed E-state index contributed by atoms with van der Waals surface area (Å²) in [5.74, 6) is 0.658. The standard InChI is InChI=1S/C18H15BrN2O2S/c1-11-9-12(7-8-16(11)23-2)15-10-24-18(20-15)21-17(22)13-5-3-4-6-14(13)19/h3-10H,1-2H3,(H,20,21,22). The number of amides is 1. The summed E-state index contributed by atoms with van der Waals surface area (Å²) in [5, 5.41) is 5.34. The monoisotopic (exact) mass is 402 g/mol. The third kappa shape index (κ3) is 3.49. The maximum atomic E-state index is 12.3. The van der Waals surface area contributed by atoms with Crippen LogP contribution in [0, 0.1) is 6.92 Å². The SMILES string of the molecule is COc1ccc(-c2csc(NC(=O)c3ccccc3Br)n2)cc1C. The van der Waals surface area contributed by atoms with Gasteiger partial charge in [-0.3, -0.25) is 10.1 Å². The largest absolute Gasteiger partial charge is 0.496 e. The zero-order valence-electron chi connectivity index (χ0n) is 13.2. The first-order chi connectivity index (χ1) is 11.6. The number of hydrogen-bond donors (Lipinski definition) is 1. The van der Waals surface area contributed by atoms with Gasteiger partial charge in [-0.1, -0.05) is 12.1 Å². The van der Waals surface area contributed by atoms with E-state index in [0.29, 0.717) is 10.7 Å². The average Bonchev–Trinajstić information content (AvgIpc) is 3.03. The number of nitrogens with zero attached hydrogens (tertiary/aromatic N) is 1. The van der Waals surface area contributed by atoms with Crippen LogP contribution in [0.5, 0.6) is 5.75 Å². The number of thiazole rings is 1. The zero-order chi connectivity index (χ0) is 17.1. The lowest BCUT2D eigenvalue weighted by atomic mass is 10.1. The van der Waals surface area contributed by atoms with E-state index in [1.54, 1.807) is 13.2 Å². The van der Waals surface area contributed by atoms with Crippen LogP contribution in [-0.4, -0.2) is 18.0 Å². The van der Waals surface area contributed by atoms with Gasteiger partial charge in [-0.2, -0.15) is 0 Å². The summed E-state index contributed by atoms with van der Waals surface area (Å²) in [4.78, 5) is 16.8. The number of aromatic nitrogens is 1. The van der Waals surface area contributed by atoms with Crippen LogP contribution in [0.1, 0.15) is 15.9 Å². The van der Waals surface area contributed by atoms with Gasteiger partial charge in [0.2, 0.25) is 0 Å². The molecule has 1 N–H and O–H groups in total. The third-order valence-corrected chi connectivity index (χ3v) is 4.98. The highest BCUT2D eigenvalue weighted by molar-refractivity contribution is 9.10. The fourth-order valence-corrected chi connectivity index (χ4v) is 3.49. The topological polar surface area (TPSA) is 51.2 Å². The van der Waals surface area contributed by atoms with Crippen molar-refractivity contribution in [2.75, 3.05) is 12.4 Å². The highest BCUT2D eigenvalue weighted by Gasteiger charge is 2.12. The van der Waals surface area contributed by atoms with E-state index >= 15 is 0 Å².